The molecule has 0 saturated heterocycles. The molecule has 0 spiro atoms. The van der Waals surface area contributed by atoms with Crippen LogP contribution in [0.4, 0.5) is 0 Å². The van der Waals surface area contributed by atoms with Gasteiger partial charge in [0.15, 0.2) is 5.76 Å². The maximum absolute atomic E-state index is 12.0. The van der Waals surface area contributed by atoms with Crippen LogP contribution in [-0.4, -0.2) is 12.1 Å². The van der Waals surface area contributed by atoms with E-state index in [0.717, 1.165) is 15.8 Å². The minimum Gasteiger partial charge on any atom is -0.486 e. The van der Waals surface area contributed by atoms with E-state index in [-0.39, 0.29) is 12.4 Å². The van der Waals surface area contributed by atoms with Crippen LogP contribution < -0.4 is 10.2 Å². The number of nitrogens with zero attached hydrogens (tertiary/aromatic N) is 1. The molecule has 0 atom stereocenters. The Labute approximate surface area is 153 Å². The van der Waals surface area contributed by atoms with Crippen molar-refractivity contribution in [2.24, 2.45) is 5.10 Å². The van der Waals surface area contributed by atoms with Gasteiger partial charge in [-0.05, 0) is 30.3 Å². The van der Waals surface area contributed by atoms with Crippen LogP contribution in [0.1, 0.15) is 21.9 Å². The fourth-order valence-electron chi connectivity index (χ4n) is 2.04. The molecule has 0 bridgehead atoms. The van der Waals surface area contributed by atoms with Crippen LogP contribution in [0.3, 0.4) is 0 Å². The Bertz CT molecular complexity index is 875. The molecule has 0 unspecified atom stereocenters. The maximum atomic E-state index is 12.0. The highest BCUT2D eigenvalue weighted by Crippen LogP contribution is 2.15. The number of para-hydroxylation sites is 1. The fourth-order valence-corrected chi connectivity index (χ4v) is 2.43. The van der Waals surface area contributed by atoms with Gasteiger partial charge in [0, 0.05) is 10.0 Å². The van der Waals surface area contributed by atoms with Crippen LogP contribution in [0.25, 0.3) is 0 Å². The molecule has 0 fully saturated rings. The third-order valence-electron chi connectivity index (χ3n) is 3.28. The first-order valence-corrected chi connectivity index (χ1v) is 8.36. The summed E-state index contributed by atoms with van der Waals surface area (Å²) in [4.78, 5) is 12.0. The zero-order valence-corrected chi connectivity index (χ0v) is 14.8. The molecule has 1 heterocycles. The van der Waals surface area contributed by atoms with E-state index in [4.69, 9.17) is 9.15 Å². The largest absolute Gasteiger partial charge is 0.486 e. The molecule has 3 rings (SSSR count). The number of ether oxygens (including phenoxy) is 1. The number of hydrazone groups is 1. The van der Waals surface area contributed by atoms with Gasteiger partial charge in [-0.3, -0.25) is 4.79 Å². The average Bonchev–Trinajstić information content (AvgIpc) is 3.11. The Morgan fingerprint density at radius 3 is 2.64 bits per heavy atom. The highest BCUT2D eigenvalue weighted by Gasteiger charge is 2.10. The summed E-state index contributed by atoms with van der Waals surface area (Å²) in [5.74, 6) is 1.05. The predicted molar refractivity (Wildman–Crippen MR) is 98.7 cm³/mol. The Balaban J connectivity index is 1.54. The number of benzene rings is 2. The highest BCUT2D eigenvalue weighted by molar-refractivity contribution is 9.10. The third-order valence-corrected chi connectivity index (χ3v) is 4.01. The van der Waals surface area contributed by atoms with E-state index in [0.29, 0.717) is 5.76 Å². The van der Waals surface area contributed by atoms with Crippen LogP contribution in [-0.2, 0) is 6.61 Å². The quantitative estimate of drug-likeness (QED) is 0.494. The molecule has 1 aromatic heterocycles. The number of amides is 1. The smallest absolute Gasteiger partial charge is 0.307 e. The molecule has 3 aromatic rings. The summed E-state index contributed by atoms with van der Waals surface area (Å²) in [6.45, 7) is 0.248. The molecule has 6 heteroatoms. The van der Waals surface area contributed by atoms with Gasteiger partial charge in [0.25, 0.3) is 0 Å². The highest BCUT2D eigenvalue weighted by atomic mass is 79.9. The molecule has 2 aromatic carbocycles. The van der Waals surface area contributed by atoms with E-state index in [1.807, 2.05) is 54.6 Å². The van der Waals surface area contributed by atoms with E-state index in [1.165, 1.54) is 0 Å². The molecule has 0 saturated carbocycles. The molecule has 1 amide bonds. The lowest BCUT2D eigenvalue weighted by atomic mass is 10.2. The Hall–Kier alpha value is -2.86. The lowest BCUT2D eigenvalue weighted by Crippen LogP contribution is -2.16. The maximum Gasteiger partial charge on any atom is 0.307 e. The number of carbonyl (C=O) groups is 1. The van der Waals surface area contributed by atoms with Crippen LogP contribution in [0, 0.1) is 0 Å². The Kier molecular flexibility index (Phi) is 5.64. The molecule has 0 aliphatic carbocycles. The van der Waals surface area contributed by atoms with Gasteiger partial charge < -0.3 is 9.15 Å². The van der Waals surface area contributed by atoms with Gasteiger partial charge in [-0.2, -0.15) is 5.10 Å². The SMILES string of the molecule is O=C(N/N=C\c1ccccc1Br)c1ccc(COc2ccccc2)o1. The lowest BCUT2D eigenvalue weighted by molar-refractivity contribution is 0.0923. The summed E-state index contributed by atoms with van der Waals surface area (Å²) in [7, 11) is 0. The second kappa shape index (κ2) is 8.30. The van der Waals surface area contributed by atoms with E-state index < -0.39 is 5.91 Å². The van der Waals surface area contributed by atoms with E-state index in [1.54, 1.807) is 18.3 Å². The summed E-state index contributed by atoms with van der Waals surface area (Å²) in [5.41, 5.74) is 3.30. The van der Waals surface area contributed by atoms with Gasteiger partial charge in [0.2, 0.25) is 0 Å². The van der Waals surface area contributed by atoms with Crippen LogP contribution >= 0.6 is 15.9 Å². The van der Waals surface area contributed by atoms with E-state index >= 15 is 0 Å². The van der Waals surface area contributed by atoms with Crippen molar-refractivity contribution < 1.29 is 13.9 Å². The van der Waals surface area contributed by atoms with Crippen molar-refractivity contribution in [3.05, 3.63) is 88.3 Å². The first kappa shape index (κ1) is 17.0. The third kappa shape index (κ3) is 4.81. The van der Waals surface area contributed by atoms with Crippen molar-refractivity contribution in [2.45, 2.75) is 6.61 Å². The van der Waals surface area contributed by atoms with Crippen molar-refractivity contribution in [1.82, 2.24) is 5.43 Å². The minimum atomic E-state index is -0.422. The summed E-state index contributed by atoms with van der Waals surface area (Å²) in [6.07, 6.45) is 1.56. The fraction of sp³-hybridized carbons (Fsp3) is 0.0526. The Morgan fingerprint density at radius 2 is 1.84 bits per heavy atom. The van der Waals surface area contributed by atoms with Crippen molar-refractivity contribution in [2.75, 3.05) is 0 Å². The summed E-state index contributed by atoms with van der Waals surface area (Å²) < 4.78 is 11.9. The standard InChI is InChI=1S/C19H15BrN2O3/c20-17-9-5-4-6-14(17)12-21-22-19(23)18-11-10-16(25-18)13-24-15-7-2-1-3-8-15/h1-12H,13H2,(H,22,23)/b21-12-. The normalized spacial score (nSPS) is 10.8. The number of carbonyl (C=O) groups excluding carboxylic acids is 1. The number of nitrogens with one attached hydrogen (secondary N) is 1. The second-order valence-electron chi connectivity index (χ2n) is 5.09. The predicted octanol–water partition coefficient (Wildman–Crippen LogP) is 4.39. The van der Waals surface area contributed by atoms with Crippen molar-refractivity contribution in [3.8, 4) is 5.75 Å². The number of halogens is 1. The molecule has 0 aliphatic rings. The van der Waals surface area contributed by atoms with Crippen molar-refractivity contribution in [1.29, 1.82) is 0 Å². The number of hydrogen-bond donors (Lipinski definition) is 1. The van der Waals surface area contributed by atoms with E-state index in [2.05, 4.69) is 26.5 Å². The van der Waals surface area contributed by atoms with Gasteiger partial charge in [0.1, 0.15) is 18.1 Å². The molecule has 126 valence electrons. The second-order valence-corrected chi connectivity index (χ2v) is 5.94. The summed E-state index contributed by atoms with van der Waals surface area (Å²) in [6, 6.07) is 20.3. The van der Waals surface area contributed by atoms with Gasteiger partial charge in [0.05, 0.1) is 6.21 Å². The molecular weight excluding hydrogens is 384 g/mol. The van der Waals surface area contributed by atoms with Crippen molar-refractivity contribution in [3.63, 3.8) is 0 Å². The number of rotatable bonds is 6. The van der Waals surface area contributed by atoms with Crippen LogP contribution in [0.15, 0.2) is 80.7 Å². The first-order valence-electron chi connectivity index (χ1n) is 7.57. The zero-order valence-electron chi connectivity index (χ0n) is 13.2. The topological polar surface area (TPSA) is 63.8 Å². The van der Waals surface area contributed by atoms with Crippen molar-refractivity contribution >= 4 is 28.1 Å². The average molecular weight is 399 g/mol. The summed E-state index contributed by atoms with van der Waals surface area (Å²) >= 11 is 3.41. The molecule has 1 N–H and O–H groups in total. The summed E-state index contributed by atoms with van der Waals surface area (Å²) in [5, 5.41) is 3.94. The molecule has 0 radical (unpaired) electrons. The van der Waals surface area contributed by atoms with Gasteiger partial charge in [-0.25, -0.2) is 5.43 Å². The minimum absolute atomic E-state index is 0.177. The van der Waals surface area contributed by atoms with E-state index in [9.17, 15) is 4.79 Å². The zero-order chi connectivity index (χ0) is 17.5. The van der Waals surface area contributed by atoms with Gasteiger partial charge in [-0.1, -0.05) is 52.3 Å². The van der Waals surface area contributed by atoms with Crippen LogP contribution in [0.5, 0.6) is 5.75 Å². The lowest BCUT2D eigenvalue weighted by Gasteiger charge is -2.03. The molecule has 5 nitrogen and oxygen atoms in total. The molecule has 0 aliphatic heterocycles. The first-order chi connectivity index (χ1) is 12.2. The number of hydrogen-bond acceptors (Lipinski definition) is 4. The monoisotopic (exact) mass is 398 g/mol. The van der Waals surface area contributed by atoms with Gasteiger partial charge in [-0.15, -0.1) is 0 Å². The molecular formula is C19H15BrN2O3. The van der Waals surface area contributed by atoms with Crippen LogP contribution in [0.2, 0.25) is 0 Å². The Morgan fingerprint density at radius 1 is 1.08 bits per heavy atom. The van der Waals surface area contributed by atoms with Gasteiger partial charge >= 0.3 is 5.91 Å². The molecule has 25 heavy (non-hydrogen) atoms. The number of furan rings is 1.